The van der Waals surface area contributed by atoms with E-state index in [1.165, 1.54) is 22.1 Å². The van der Waals surface area contributed by atoms with Crippen molar-refractivity contribution in [3.8, 4) is 5.69 Å². The van der Waals surface area contributed by atoms with Gasteiger partial charge in [-0.05, 0) is 30.5 Å². The number of halogens is 2. The monoisotopic (exact) mass is 373 g/mol. The Bertz CT molecular complexity index is 1030. The van der Waals surface area contributed by atoms with Gasteiger partial charge < -0.3 is 5.32 Å². The number of fused-ring (bicyclic) bond motifs is 1. The number of hydrogen-bond donors (Lipinski definition) is 1. The highest BCUT2D eigenvalue weighted by Crippen LogP contribution is 2.39. The number of amides is 1. The molecule has 0 saturated heterocycles. The van der Waals surface area contributed by atoms with E-state index in [-0.39, 0.29) is 29.6 Å². The van der Waals surface area contributed by atoms with Crippen LogP contribution in [0.2, 0.25) is 0 Å². The number of carbonyl (C=O) groups excluding carboxylic acids is 2. The molecule has 1 atom stereocenters. The predicted octanol–water partition coefficient (Wildman–Crippen LogP) is 3.83. The first-order valence-corrected chi connectivity index (χ1v) is 8.76. The zero-order chi connectivity index (χ0) is 18.4. The number of benzene rings is 1. The zero-order valence-electron chi connectivity index (χ0n) is 13.6. The van der Waals surface area contributed by atoms with Gasteiger partial charge >= 0.3 is 0 Å². The smallest absolute Gasteiger partial charge is 0.226 e. The summed E-state index contributed by atoms with van der Waals surface area (Å²) in [7, 11) is 0. The summed E-state index contributed by atoms with van der Waals surface area (Å²) in [4.78, 5) is 25.6. The summed E-state index contributed by atoms with van der Waals surface area (Å²) in [5, 5.41) is 8.76. The summed E-state index contributed by atoms with van der Waals surface area (Å²) in [5.41, 5.74) is 1.07. The maximum Gasteiger partial charge on any atom is 0.226 e. The van der Waals surface area contributed by atoms with Crippen molar-refractivity contribution in [3.63, 3.8) is 0 Å². The van der Waals surface area contributed by atoms with Crippen molar-refractivity contribution >= 4 is 28.8 Å². The van der Waals surface area contributed by atoms with Gasteiger partial charge in [-0.3, -0.25) is 9.59 Å². The Hall–Kier alpha value is -2.87. The molecular formula is C18H13F2N3O2S. The van der Waals surface area contributed by atoms with Crippen LogP contribution in [0.1, 0.15) is 33.3 Å². The summed E-state index contributed by atoms with van der Waals surface area (Å²) in [5.74, 6) is -2.47. The minimum atomic E-state index is -0.809. The molecule has 1 unspecified atom stereocenters. The van der Waals surface area contributed by atoms with E-state index in [0.717, 1.165) is 12.1 Å². The lowest BCUT2D eigenvalue weighted by molar-refractivity contribution is -0.116. The van der Waals surface area contributed by atoms with E-state index >= 15 is 0 Å². The standard InChI is InChI=1S/C18H13F2N3O2S/c1-9-16-11(17(25)14-3-2-6-26-14)8-15(24)21-18(16)23(22-9)13-5-4-10(19)7-12(13)20/h2-7,11H,8H2,1H3,(H,21,24). The zero-order valence-corrected chi connectivity index (χ0v) is 14.4. The van der Waals surface area contributed by atoms with Crippen LogP contribution in [0.4, 0.5) is 14.6 Å². The van der Waals surface area contributed by atoms with Gasteiger partial charge in [0.2, 0.25) is 5.91 Å². The molecule has 0 bridgehead atoms. The number of Topliss-reactive ketones (excluding diaryl/α,β-unsaturated/α-hetero) is 1. The molecule has 1 aliphatic heterocycles. The molecule has 0 fully saturated rings. The average molecular weight is 373 g/mol. The van der Waals surface area contributed by atoms with Gasteiger partial charge in [-0.25, -0.2) is 13.5 Å². The minimum Gasteiger partial charge on any atom is -0.310 e. The van der Waals surface area contributed by atoms with Crippen LogP contribution in [0.3, 0.4) is 0 Å². The molecule has 1 amide bonds. The van der Waals surface area contributed by atoms with Crippen molar-refractivity contribution in [1.82, 2.24) is 9.78 Å². The average Bonchev–Trinajstić information content (AvgIpc) is 3.22. The quantitative estimate of drug-likeness (QED) is 0.710. The number of carbonyl (C=O) groups is 2. The van der Waals surface area contributed by atoms with E-state index in [0.29, 0.717) is 16.1 Å². The largest absolute Gasteiger partial charge is 0.310 e. The Morgan fingerprint density at radius 3 is 2.85 bits per heavy atom. The summed E-state index contributed by atoms with van der Waals surface area (Å²) in [6.45, 7) is 1.70. The van der Waals surface area contributed by atoms with E-state index in [2.05, 4.69) is 10.4 Å². The number of nitrogens with one attached hydrogen (secondary N) is 1. The van der Waals surface area contributed by atoms with Crippen molar-refractivity contribution < 1.29 is 18.4 Å². The molecule has 0 radical (unpaired) electrons. The first-order valence-electron chi connectivity index (χ1n) is 7.88. The minimum absolute atomic E-state index is 0.000252. The lowest BCUT2D eigenvalue weighted by Gasteiger charge is -2.22. The topological polar surface area (TPSA) is 64.0 Å². The number of rotatable bonds is 3. The van der Waals surface area contributed by atoms with Crippen LogP contribution in [-0.2, 0) is 4.79 Å². The third-order valence-corrected chi connectivity index (χ3v) is 5.21. The molecule has 4 rings (SSSR count). The van der Waals surface area contributed by atoms with Crippen LogP contribution < -0.4 is 5.32 Å². The number of aromatic nitrogens is 2. The Balaban J connectivity index is 1.86. The maximum atomic E-state index is 14.2. The first-order chi connectivity index (χ1) is 12.5. The molecule has 26 heavy (non-hydrogen) atoms. The second-order valence-corrected chi connectivity index (χ2v) is 6.95. The number of aryl methyl sites for hydroxylation is 1. The third-order valence-electron chi connectivity index (χ3n) is 4.32. The molecule has 0 aliphatic carbocycles. The van der Waals surface area contributed by atoms with Crippen molar-refractivity contribution in [2.24, 2.45) is 0 Å². The van der Waals surface area contributed by atoms with Crippen LogP contribution >= 0.6 is 11.3 Å². The highest BCUT2D eigenvalue weighted by molar-refractivity contribution is 7.12. The summed E-state index contributed by atoms with van der Waals surface area (Å²) < 4.78 is 28.6. The van der Waals surface area contributed by atoms with Crippen molar-refractivity contribution in [1.29, 1.82) is 0 Å². The summed E-state index contributed by atoms with van der Waals surface area (Å²) >= 11 is 1.30. The molecule has 132 valence electrons. The van der Waals surface area contributed by atoms with E-state index < -0.39 is 17.6 Å². The molecular weight excluding hydrogens is 360 g/mol. The third kappa shape index (κ3) is 2.62. The number of thiophene rings is 1. The SMILES string of the molecule is Cc1nn(-c2ccc(F)cc2F)c2c1C(C(=O)c1cccs1)CC(=O)N2. The summed E-state index contributed by atoms with van der Waals surface area (Å²) in [6.07, 6.45) is 0.00215. The van der Waals surface area contributed by atoms with Crippen LogP contribution in [0, 0.1) is 18.6 Å². The van der Waals surface area contributed by atoms with E-state index in [1.54, 1.807) is 24.4 Å². The fourth-order valence-corrected chi connectivity index (χ4v) is 3.91. The van der Waals surface area contributed by atoms with E-state index in [4.69, 9.17) is 0 Å². The van der Waals surface area contributed by atoms with Crippen molar-refractivity contribution in [2.45, 2.75) is 19.3 Å². The molecule has 3 heterocycles. The van der Waals surface area contributed by atoms with Gasteiger partial charge in [0, 0.05) is 18.1 Å². The molecule has 8 heteroatoms. The molecule has 1 aromatic carbocycles. The van der Waals surface area contributed by atoms with E-state index in [9.17, 15) is 18.4 Å². The second-order valence-electron chi connectivity index (χ2n) is 6.00. The van der Waals surface area contributed by atoms with Crippen LogP contribution in [-0.4, -0.2) is 21.5 Å². The van der Waals surface area contributed by atoms with Crippen LogP contribution in [0.5, 0.6) is 0 Å². The number of nitrogens with zero attached hydrogens (tertiary/aromatic N) is 2. The molecule has 5 nitrogen and oxygen atoms in total. The Morgan fingerprint density at radius 1 is 1.35 bits per heavy atom. The van der Waals surface area contributed by atoms with Gasteiger partial charge in [0.05, 0.1) is 16.5 Å². The lowest BCUT2D eigenvalue weighted by Crippen LogP contribution is -2.28. The molecule has 0 saturated carbocycles. The fourth-order valence-electron chi connectivity index (χ4n) is 3.19. The second kappa shape index (κ2) is 6.14. The van der Waals surface area contributed by atoms with Crippen LogP contribution in [0.15, 0.2) is 35.7 Å². The molecule has 2 aromatic heterocycles. The van der Waals surface area contributed by atoms with E-state index in [1.807, 2.05) is 0 Å². The maximum absolute atomic E-state index is 14.2. The van der Waals surface area contributed by atoms with Gasteiger partial charge in [-0.1, -0.05) is 6.07 Å². The highest BCUT2D eigenvalue weighted by Gasteiger charge is 2.36. The molecule has 1 N–H and O–H groups in total. The van der Waals surface area contributed by atoms with Gasteiger partial charge in [-0.2, -0.15) is 5.10 Å². The molecule has 0 spiro atoms. The molecule has 1 aliphatic rings. The van der Waals surface area contributed by atoms with Gasteiger partial charge in [0.25, 0.3) is 0 Å². The van der Waals surface area contributed by atoms with Crippen molar-refractivity contribution in [3.05, 3.63) is 63.5 Å². The highest BCUT2D eigenvalue weighted by atomic mass is 32.1. The number of hydrogen-bond acceptors (Lipinski definition) is 4. The van der Waals surface area contributed by atoms with Crippen LogP contribution in [0.25, 0.3) is 5.69 Å². The van der Waals surface area contributed by atoms with Gasteiger partial charge in [0.1, 0.15) is 17.3 Å². The molecule has 3 aromatic rings. The first kappa shape index (κ1) is 16.6. The Morgan fingerprint density at radius 2 is 2.15 bits per heavy atom. The van der Waals surface area contributed by atoms with Gasteiger partial charge in [-0.15, -0.1) is 11.3 Å². The lowest BCUT2D eigenvalue weighted by atomic mass is 9.87. The number of ketones is 1. The normalized spacial score (nSPS) is 16.3. The van der Waals surface area contributed by atoms with Crippen molar-refractivity contribution in [2.75, 3.05) is 5.32 Å². The predicted molar refractivity (Wildman–Crippen MR) is 92.9 cm³/mol. The van der Waals surface area contributed by atoms with Gasteiger partial charge in [0.15, 0.2) is 11.6 Å². The summed E-state index contributed by atoms with van der Waals surface area (Å²) in [6, 6.07) is 6.58. The Kier molecular flexibility index (Phi) is 3.91. The Labute approximate surface area is 151 Å². The fraction of sp³-hybridized carbons (Fsp3) is 0.167. The number of anilines is 1.